The van der Waals surface area contributed by atoms with Crippen LogP contribution < -0.4 is 0 Å². The number of hydrogen-bond acceptors (Lipinski definition) is 1. The van der Waals surface area contributed by atoms with Crippen LogP contribution >= 0.6 is 0 Å². The molecule has 0 unspecified atom stereocenters. The van der Waals surface area contributed by atoms with Crippen molar-refractivity contribution >= 4 is 38.4 Å². The molecule has 0 aliphatic carbocycles. The smallest absolute Gasteiger partial charge is 0.146 e. The SMILES string of the molecule is CCc1ccc2nc3c4ccccc4c4ccccc4n3c2c1. The summed E-state index contributed by atoms with van der Waals surface area (Å²) in [5.41, 5.74) is 5.86. The number of fused-ring (bicyclic) bond motifs is 8. The third kappa shape index (κ3) is 1.66. The minimum atomic E-state index is 1.04. The zero-order valence-electron chi connectivity index (χ0n) is 13.0. The highest BCUT2D eigenvalue weighted by Crippen LogP contribution is 2.32. The van der Waals surface area contributed by atoms with Crippen molar-refractivity contribution in [3.63, 3.8) is 0 Å². The maximum Gasteiger partial charge on any atom is 0.146 e. The second-order valence-electron chi connectivity index (χ2n) is 6.01. The number of imidazole rings is 1. The molecule has 2 aromatic heterocycles. The van der Waals surface area contributed by atoms with Crippen LogP contribution in [0.5, 0.6) is 0 Å². The van der Waals surface area contributed by atoms with Crippen molar-refractivity contribution in [3.05, 3.63) is 72.3 Å². The van der Waals surface area contributed by atoms with E-state index in [2.05, 4.69) is 78.1 Å². The molecule has 3 aromatic carbocycles. The second kappa shape index (κ2) is 4.56. The van der Waals surface area contributed by atoms with Gasteiger partial charge in [0.1, 0.15) is 5.65 Å². The first-order valence-corrected chi connectivity index (χ1v) is 8.07. The predicted octanol–water partition coefficient (Wildman–Crippen LogP) is 5.36. The summed E-state index contributed by atoms with van der Waals surface area (Å²) in [6.07, 6.45) is 1.04. The van der Waals surface area contributed by atoms with Crippen molar-refractivity contribution in [3.8, 4) is 0 Å². The largest absolute Gasteiger partial charge is 0.292 e. The van der Waals surface area contributed by atoms with Crippen molar-refractivity contribution in [1.29, 1.82) is 0 Å². The summed E-state index contributed by atoms with van der Waals surface area (Å²) in [7, 11) is 0. The molecule has 110 valence electrons. The van der Waals surface area contributed by atoms with Crippen molar-refractivity contribution < 1.29 is 0 Å². The van der Waals surface area contributed by atoms with E-state index in [-0.39, 0.29) is 0 Å². The van der Waals surface area contributed by atoms with Crippen molar-refractivity contribution in [2.75, 3.05) is 0 Å². The van der Waals surface area contributed by atoms with Gasteiger partial charge in [0.25, 0.3) is 0 Å². The lowest BCUT2D eigenvalue weighted by Crippen LogP contribution is -1.91. The molecule has 2 heterocycles. The molecule has 0 aliphatic rings. The lowest BCUT2D eigenvalue weighted by molar-refractivity contribution is 1.14. The summed E-state index contributed by atoms with van der Waals surface area (Å²) < 4.78 is 2.31. The molecule has 0 spiro atoms. The maximum absolute atomic E-state index is 4.93. The second-order valence-corrected chi connectivity index (χ2v) is 6.01. The highest BCUT2D eigenvalue weighted by atomic mass is 15.0. The van der Waals surface area contributed by atoms with Gasteiger partial charge in [0.05, 0.1) is 16.6 Å². The molecule has 0 N–H and O–H groups in total. The quantitative estimate of drug-likeness (QED) is 0.381. The van der Waals surface area contributed by atoms with Crippen molar-refractivity contribution in [2.45, 2.75) is 13.3 Å². The number of aryl methyl sites for hydroxylation is 1. The highest BCUT2D eigenvalue weighted by Gasteiger charge is 2.13. The first kappa shape index (κ1) is 12.7. The summed E-state index contributed by atoms with van der Waals surface area (Å²) in [5.74, 6) is 0. The van der Waals surface area contributed by atoms with Gasteiger partial charge in [-0.1, -0.05) is 55.5 Å². The van der Waals surface area contributed by atoms with Gasteiger partial charge in [-0.05, 0) is 35.6 Å². The minimum absolute atomic E-state index is 1.04. The van der Waals surface area contributed by atoms with Crippen LogP contribution in [0.3, 0.4) is 0 Å². The van der Waals surface area contributed by atoms with E-state index in [9.17, 15) is 0 Å². The van der Waals surface area contributed by atoms with Gasteiger partial charge < -0.3 is 0 Å². The fourth-order valence-electron chi connectivity index (χ4n) is 3.57. The van der Waals surface area contributed by atoms with Gasteiger partial charge in [-0.2, -0.15) is 0 Å². The molecule has 0 radical (unpaired) electrons. The van der Waals surface area contributed by atoms with Crippen LogP contribution in [0.15, 0.2) is 66.7 Å². The number of aromatic nitrogens is 2. The van der Waals surface area contributed by atoms with Crippen LogP contribution in [0.2, 0.25) is 0 Å². The van der Waals surface area contributed by atoms with Gasteiger partial charge >= 0.3 is 0 Å². The van der Waals surface area contributed by atoms with Crippen LogP contribution in [-0.4, -0.2) is 9.38 Å². The predicted molar refractivity (Wildman–Crippen MR) is 97.1 cm³/mol. The van der Waals surface area contributed by atoms with E-state index in [0.29, 0.717) is 0 Å². The Morgan fingerprint density at radius 1 is 0.783 bits per heavy atom. The van der Waals surface area contributed by atoms with Crippen LogP contribution in [0.1, 0.15) is 12.5 Å². The Morgan fingerprint density at radius 2 is 1.52 bits per heavy atom. The zero-order valence-corrected chi connectivity index (χ0v) is 13.0. The molecular weight excluding hydrogens is 280 g/mol. The zero-order chi connectivity index (χ0) is 15.4. The molecule has 0 saturated heterocycles. The molecule has 0 fully saturated rings. The van der Waals surface area contributed by atoms with E-state index in [4.69, 9.17) is 4.98 Å². The number of hydrogen-bond donors (Lipinski definition) is 0. The molecule has 5 aromatic rings. The van der Waals surface area contributed by atoms with Gasteiger partial charge in [0.15, 0.2) is 0 Å². The van der Waals surface area contributed by atoms with E-state index in [0.717, 1.165) is 17.6 Å². The van der Waals surface area contributed by atoms with E-state index in [1.54, 1.807) is 0 Å². The molecule has 0 saturated carbocycles. The van der Waals surface area contributed by atoms with Crippen LogP contribution in [0, 0.1) is 0 Å². The van der Waals surface area contributed by atoms with Crippen molar-refractivity contribution in [2.24, 2.45) is 0 Å². The molecule has 0 aliphatic heterocycles. The lowest BCUT2D eigenvalue weighted by Gasteiger charge is -2.08. The molecular formula is C21H16N2. The van der Waals surface area contributed by atoms with Gasteiger partial charge in [0, 0.05) is 10.8 Å². The Hall–Kier alpha value is -2.87. The molecule has 23 heavy (non-hydrogen) atoms. The molecule has 0 amide bonds. The van der Waals surface area contributed by atoms with E-state index < -0.39 is 0 Å². The highest BCUT2D eigenvalue weighted by molar-refractivity contribution is 6.13. The summed E-state index contributed by atoms with van der Waals surface area (Å²) in [6, 6.07) is 23.8. The van der Waals surface area contributed by atoms with Crippen molar-refractivity contribution in [1.82, 2.24) is 9.38 Å². The average Bonchev–Trinajstić information content (AvgIpc) is 3.01. The summed E-state index contributed by atoms with van der Waals surface area (Å²) in [5, 5.41) is 3.75. The maximum atomic E-state index is 4.93. The van der Waals surface area contributed by atoms with E-state index >= 15 is 0 Å². The lowest BCUT2D eigenvalue weighted by atomic mass is 10.1. The van der Waals surface area contributed by atoms with Gasteiger partial charge in [-0.25, -0.2) is 4.98 Å². The summed E-state index contributed by atoms with van der Waals surface area (Å²) >= 11 is 0. The first-order chi connectivity index (χ1) is 11.4. The number of para-hydroxylation sites is 1. The topological polar surface area (TPSA) is 17.3 Å². The Bertz CT molecular complexity index is 1200. The molecule has 0 atom stereocenters. The standard InChI is InChI=1S/C21H16N2/c1-2-14-11-12-18-20(13-14)23-19-10-6-5-8-16(19)15-7-3-4-9-17(15)21(23)22-18/h3-13H,2H2,1H3. The number of benzene rings is 3. The number of nitrogens with zero attached hydrogens (tertiary/aromatic N) is 2. The summed E-state index contributed by atoms with van der Waals surface area (Å²) in [6.45, 7) is 2.19. The third-order valence-corrected chi connectivity index (χ3v) is 4.73. The summed E-state index contributed by atoms with van der Waals surface area (Å²) in [4.78, 5) is 4.93. The Kier molecular flexibility index (Phi) is 2.51. The van der Waals surface area contributed by atoms with Crippen LogP contribution in [0.25, 0.3) is 38.4 Å². The third-order valence-electron chi connectivity index (χ3n) is 4.73. The van der Waals surface area contributed by atoms with Gasteiger partial charge in [-0.3, -0.25) is 4.40 Å². The fourth-order valence-corrected chi connectivity index (χ4v) is 3.57. The Morgan fingerprint density at radius 3 is 2.35 bits per heavy atom. The van der Waals surface area contributed by atoms with E-state index in [1.807, 2.05) is 0 Å². The van der Waals surface area contributed by atoms with Gasteiger partial charge in [0.2, 0.25) is 0 Å². The normalized spacial score (nSPS) is 11.9. The van der Waals surface area contributed by atoms with Gasteiger partial charge in [-0.15, -0.1) is 0 Å². The van der Waals surface area contributed by atoms with Crippen LogP contribution in [-0.2, 0) is 6.42 Å². The molecule has 2 nitrogen and oxygen atoms in total. The fraction of sp³-hybridized carbons (Fsp3) is 0.0952. The minimum Gasteiger partial charge on any atom is -0.292 e. The first-order valence-electron chi connectivity index (χ1n) is 8.07. The number of rotatable bonds is 1. The number of pyridine rings is 1. The Balaban J connectivity index is 2.15. The Labute approximate surface area is 134 Å². The molecule has 2 heteroatoms. The average molecular weight is 296 g/mol. The monoisotopic (exact) mass is 296 g/mol. The molecule has 0 bridgehead atoms. The van der Waals surface area contributed by atoms with E-state index in [1.165, 1.54) is 32.8 Å². The van der Waals surface area contributed by atoms with Crippen LogP contribution in [0.4, 0.5) is 0 Å². The molecule has 5 rings (SSSR count).